The minimum absolute atomic E-state index is 0.0952. The number of aromatic nitrogens is 2. The summed E-state index contributed by atoms with van der Waals surface area (Å²) in [6.45, 7) is 1.30. The second-order valence-electron chi connectivity index (χ2n) is 6.28. The molecule has 2 N–H and O–H groups in total. The summed E-state index contributed by atoms with van der Waals surface area (Å²) >= 11 is 0. The third kappa shape index (κ3) is 3.82. The average molecular weight is 361 g/mol. The number of rotatable bonds is 5. The van der Waals surface area contributed by atoms with Gasteiger partial charge in [0.25, 0.3) is 0 Å². The van der Waals surface area contributed by atoms with E-state index in [-0.39, 0.29) is 18.4 Å². The highest BCUT2D eigenvalue weighted by atomic mass is 16.2. The van der Waals surface area contributed by atoms with Crippen LogP contribution in [0.5, 0.6) is 0 Å². The van der Waals surface area contributed by atoms with E-state index in [1.807, 2.05) is 48.7 Å². The first-order valence-electron chi connectivity index (χ1n) is 8.73. The molecule has 0 bridgehead atoms. The molecule has 136 valence electrons. The Morgan fingerprint density at radius 3 is 2.56 bits per heavy atom. The predicted molar refractivity (Wildman–Crippen MR) is 103 cm³/mol. The molecule has 1 aromatic heterocycles. The molecule has 1 fully saturated rings. The number of benzene rings is 2. The Morgan fingerprint density at radius 1 is 1.07 bits per heavy atom. The molecule has 2 heterocycles. The zero-order chi connectivity index (χ0) is 18.6. The summed E-state index contributed by atoms with van der Waals surface area (Å²) < 4.78 is 1.75. The topological polar surface area (TPSA) is 79.3 Å². The molecule has 2 aromatic carbocycles. The lowest BCUT2D eigenvalue weighted by Gasteiger charge is -2.14. The van der Waals surface area contributed by atoms with E-state index >= 15 is 0 Å². The Balaban J connectivity index is 1.37. The molecule has 7 nitrogen and oxygen atoms in total. The van der Waals surface area contributed by atoms with Gasteiger partial charge in [0, 0.05) is 30.7 Å². The van der Waals surface area contributed by atoms with Gasteiger partial charge in [-0.1, -0.05) is 18.2 Å². The molecule has 27 heavy (non-hydrogen) atoms. The molecule has 4 rings (SSSR count). The number of para-hydroxylation sites is 1. The molecule has 0 spiro atoms. The van der Waals surface area contributed by atoms with Crippen molar-refractivity contribution in [1.29, 1.82) is 0 Å². The van der Waals surface area contributed by atoms with Crippen molar-refractivity contribution in [2.45, 2.75) is 6.42 Å². The smallest absolute Gasteiger partial charge is 0.321 e. The zero-order valence-electron chi connectivity index (χ0n) is 14.6. The van der Waals surface area contributed by atoms with E-state index in [0.717, 1.165) is 16.9 Å². The van der Waals surface area contributed by atoms with Gasteiger partial charge in [0.2, 0.25) is 5.91 Å². The monoisotopic (exact) mass is 361 g/mol. The highest BCUT2D eigenvalue weighted by Gasteiger charge is 2.20. The number of hydrogen-bond donors (Lipinski definition) is 2. The molecule has 0 saturated carbocycles. The van der Waals surface area contributed by atoms with Gasteiger partial charge in [-0.05, 0) is 42.0 Å². The molecule has 1 aliphatic heterocycles. The van der Waals surface area contributed by atoms with Crippen LogP contribution in [0.25, 0.3) is 5.69 Å². The largest absolute Gasteiger partial charge is 0.336 e. The van der Waals surface area contributed by atoms with Crippen LogP contribution in [0.2, 0.25) is 0 Å². The number of nitrogens with zero attached hydrogens (tertiary/aromatic N) is 3. The maximum atomic E-state index is 12.3. The summed E-state index contributed by atoms with van der Waals surface area (Å²) in [4.78, 5) is 25.7. The van der Waals surface area contributed by atoms with Crippen molar-refractivity contribution in [3.63, 3.8) is 0 Å². The molecule has 1 saturated heterocycles. The van der Waals surface area contributed by atoms with Gasteiger partial charge in [0.05, 0.1) is 18.3 Å². The van der Waals surface area contributed by atoms with E-state index in [2.05, 4.69) is 15.7 Å². The van der Waals surface area contributed by atoms with Crippen LogP contribution in [0.3, 0.4) is 0 Å². The summed E-state index contributed by atoms with van der Waals surface area (Å²) in [6.07, 6.45) is 3.79. The number of carbonyl (C=O) groups is 2. The van der Waals surface area contributed by atoms with E-state index in [9.17, 15) is 9.59 Å². The molecular formula is C20H19N5O2. The zero-order valence-corrected chi connectivity index (χ0v) is 14.6. The van der Waals surface area contributed by atoms with Crippen molar-refractivity contribution in [3.8, 4) is 5.69 Å². The molecule has 0 atom stereocenters. The Labute approximate surface area is 156 Å². The van der Waals surface area contributed by atoms with Crippen LogP contribution < -0.4 is 15.5 Å². The van der Waals surface area contributed by atoms with E-state index in [1.165, 1.54) is 0 Å². The third-order valence-corrected chi connectivity index (χ3v) is 4.34. The second kappa shape index (κ2) is 7.33. The molecule has 7 heteroatoms. The van der Waals surface area contributed by atoms with Gasteiger partial charge in [0.1, 0.15) is 0 Å². The van der Waals surface area contributed by atoms with Crippen molar-refractivity contribution in [2.75, 3.05) is 23.3 Å². The fraction of sp³-hybridized carbons (Fsp3) is 0.150. The van der Waals surface area contributed by atoms with Crippen molar-refractivity contribution in [3.05, 3.63) is 72.6 Å². The molecule has 3 aromatic rings. The predicted octanol–water partition coefficient (Wildman–Crippen LogP) is 2.58. The van der Waals surface area contributed by atoms with Crippen LogP contribution in [0, 0.1) is 0 Å². The number of nitrogens with one attached hydrogen (secondary N) is 2. The maximum Gasteiger partial charge on any atom is 0.321 e. The molecule has 1 aliphatic rings. The van der Waals surface area contributed by atoms with Crippen LogP contribution in [-0.2, 0) is 11.2 Å². The van der Waals surface area contributed by atoms with Crippen LogP contribution in [-0.4, -0.2) is 34.8 Å². The first-order valence-corrected chi connectivity index (χ1v) is 8.73. The Bertz CT molecular complexity index is 950. The van der Waals surface area contributed by atoms with E-state index in [1.54, 1.807) is 27.9 Å². The van der Waals surface area contributed by atoms with Crippen LogP contribution in [0.4, 0.5) is 16.2 Å². The SMILES string of the molecule is O=C(Cc1cnn(-c2ccccc2)c1)Nc1ccc(N2CCNC2=O)cc1. The van der Waals surface area contributed by atoms with Crippen molar-refractivity contribution in [1.82, 2.24) is 15.1 Å². The lowest BCUT2D eigenvalue weighted by molar-refractivity contribution is -0.115. The fourth-order valence-electron chi connectivity index (χ4n) is 3.01. The van der Waals surface area contributed by atoms with Crippen molar-refractivity contribution < 1.29 is 9.59 Å². The fourth-order valence-corrected chi connectivity index (χ4v) is 3.01. The van der Waals surface area contributed by atoms with Gasteiger partial charge >= 0.3 is 6.03 Å². The number of urea groups is 1. The molecule has 0 unspecified atom stereocenters. The number of carbonyl (C=O) groups excluding carboxylic acids is 2. The van der Waals surface area contributed by atoms with Crippen LogP contribution in [0.15, 0.2) is 67.0 Å². The number of anilines is 2. The molecule has 3 amide bonds. The van der Waals surface area contributed by atoms with E-state index in [0.29, 0.717) is 18.8 Å². The second-order valence-corrected chi connectivity index (χ2v) is 6.28. The van der Waals surface area contributed by atoms with E-state index in [4.69, 9.17) is 0 Å². The molecule has 0 radical (unpaired) electrons. The Kier molecular flexibility index (Phi) is 4.57. The molecular weight excluding hydrogens is 342 g/mol. The number of amides is 3. The van der Waals surface area contributed by atoms with Crippen molar-refractivity contribution in [2.24, 2.45) is 0 Å². The summed E-state index contributed by atoms with van der Waals surface area (Å²) in [5.74, 6) is -0.116. The van der Waals surface area contributed by atoms with E-state index < -0.39 is 0 Å². The average Bonchev–Trinajstić information content (AvgIpc) is 3.32. The lowest BCUT2D eigenvalue weighted by Crippen LogP contribution is -2.27. The summed E-state index contributed by atoms with van der Waals surface area (Å²) in [5, 5.41) is 9.94. The summed E-state index contributed by atoms with van der Waals surface area (Å²) in [7, 11) is 0. The van der Waals surface area contributed by atoms with Gasteiger partial charge in [0.15, 0.2) is 0 Å². The minimum atomic E-state index is -0.116. The van der Waals surface area contributed by atoms with Gasteiger partial charge in [-0.2, -0.15) is 5.10 Å². The highest BCUT2D eigenvalue weighted by molar-refractivity contribution is 5.95. The maximum absolute atomic E-state index is 12.3. The molecule has 0 aliphatic carbocycles. The number of hydrogen-bond acceptors (Lipinski definition) is 3. The highest BCUT2D eigenvalue weighted by Crippen LogP contribution is 2.19. The van der Waals surface area contributed by atoms with Gasteiger partial charge in [-0.3, -0.25) is 9.69 Å². The normalized spacial score (nSPS) is 13.5. The third-order valence-electron chi connectivity index (χ3n) is 4.34. The van der Waals surface area contributed by atoms with Gasteiger partial charge in [-0.25, -0.2) is 9.48 Å². The quantitative estimate of drug-likeness (QED) is 0.733. The minimum Gasteiger partial charge on any atom is -0.336 e. The van der Waals surface area contributed by atoms with Gasteiger partial charge in [-0.15, -0.1) is 0 Å². The summed E-state index contributed by atoms with van der Waals surface area (Å²) in [5.41, 5.74) is 3.29. The Hall–Kier alpha value is -3.61. The van der Waals surface area contributed by atoms with Crippen LogP contribution >= 0.6 is 0 Å². The first kappa shape index (κ1) is 16.8. The Morgan fingerprint density at radius 2 is 1.85 bits per heavy atom. The summed E-state index contributed by atoms with van der Waals surface area (Å²) in [6, 6.07) is 16.9. The van der Waals surface area contributed by atoms with Crippen LogP contribution in [0.1, 0.15) is 5.56 Å². The standard InChI is InChI=1S/C20H19N5O2/c26-19(12-15-13-22-25(14-15)18-4-2-1-3-5-18)23-16-6-8-17(9-7-16)24-11-10-21-20(24)27/h1-9,13-14H,10-12H2,(H,21,27)(H,23,26). The lowest BCUT2D eigenvalue weighted by atomic mass is 10.2. The van der Waals surface area contributed by atoms with Crippen molar-refractivity contribution >= 4 is 23.3 Å². The van der Waals surface area contributed by atoms with Gasteiger partial charge < -0.3 is 10.6 Å². The first-order chi connectivity index (χ1) is 13.2.